The third-order valence-corrected chi connectivity index (χ3v) is 4.69. The quantitative estimate of drug-likeness (QED) is 0.614. The van der Waals surface area contributed by atoms with Gasteiger partial charge in [-0.1, -0.05) is 11.6 Å². The highest BCUT2D eigenvalue weighted by Crippen LogP contribution is 2.26. The molecule has 0 fully saturated rings. The molecule has 0 amide bonds. The maximum absolute atomic E-state index is 12.0. The van der Waals surface area contributed by atoms with Crippen LogP contribution in [0.3, 0.4) is 0 Å². The second kappa shape index (κ2) is 6.85. The Kier molecular flexibility index (Phi) is 5.89. The number of unbranched alkanes of at least 4 members (excludes halogenated alkanes) is 1. The summed E-state index contributed by atoms with van der Waals surface area (Å²) in [5.74, 6) is 0. The number of hydrogen-bond acceptors (Lipinski definition) is 3. The molecule has 0 spiro atoms. The highest BCUT2D eigenvalue weighted by Gasteiger charge is 2.26. The Labute approximate surface area is 126 Å². The number of aryl methyl sites for hydroxylation is 1. The van der Waals surface area contributed by atoms with Crippen molar-refractivity contribution in [2.75, 3.05) is 12.3 Å². The zero-order chi connectivity index (χ0) is 16.3. The van der Waals surface area contributed by atoms with E-state index < -0.39 is 22.6 Å². The molecule has 3 N–H and O–H groups in total. The smallest absolute Gasteiger partial charge is 0.389 e. The first-order valence-electron chi connectivity index (χ1n) is 6.15. The molecule has 0 atom stereocenters. The average Bonchev–Trinajstić information content (AvgIpc) is 2.31. The van der Waals surface area contributed by atoms with Gasteiger partial charge in [-0.05, 0) is 37.5 Å². The summed E-state index contributed by atoms with van der Waals surface area (Å²) in [6.45, 7) is 1.49. The molecule has 0 aliphatic rings. The molecule has 21 heavy (non-hydrogen) atoms. The number of sulfonamides is 1. The SMILES string of the molecule is Cc1cc(Cl)c(N)cc1S(=O)(=O)NCCCCC(F)(F)F. The normalized spacial score (nSPS) is 12.6. The molecule has 0 aromatic heterocycles. The van der Waals surface area contributed by atoms with Crippen LogP contribution < -0.4 is 10.5 Å². The van der Waals surface area contributed by atoms with E-state index in [1.807, 2.05) is 0 Å². The first-order chi connectivity index (χ1) is 9.53. The lowest BCUT2D eigenvalue weighted by Crippen LogP contribution is -2.26. The molecule has 0 saturated carbocycles. The zero-order valence-electron chi connectivity index (χ0n) is 11.3. The van der Waals surface area contributed by atoms with E-state index in [1.54, 1.807) is 6.92 Å². The van der Waals surface area contributed by atoms with Crippen molar-refractivity contribution in [2.45, 2.75) is 37.3 Å². The Morgan fingerprint density at radius 3 is 2.48 bits per heavy atom. The van der Waals surface area contributed by atoms with Crippen molar-refractivity contribution in [3.63, 3.8) is 0 Å². The van der Waals surface area contributed by atoms with Crippen molar-refractivity contribution in [2.24, 2.45) is 0 Å². The summed E-state index contributed by atoms with van der Waals surface area (Å²) in [6.07, 6.45) is -5.18. The standard InChI is InChI=1S/C12H16ClF3N2O2S/c1-8-6-9(13)10(17)7-11(8)21(19,20)18-5-3-2-4-12(14,15)16/h6-7,18H,2-5,17H2,1H3. The van der Waals surface area contributed by atoms with Crippen molar-refractivity contribution >= 4 is 27.3 Å². The fourth-order valence-electron chi connectivity index (χ4n) is 1.69. The molecule has 0 unspecified atom stereocenters. The molecule has 4 nitrogen and oxygen atoms in total. The van der Waals surface area contributed by atoms with Crippen LogP contribution in [0.5, 0.6) is 0 Å². The summed E-state index contributed by atoms with van der Waals surface area (Å²) in [7, 11) is -3.82. The number of nitrogen functional groups attached to an aromatic ring is 1. The minimum Gasteiger partial charge on any atom is -0.397 e. The van der Waals surface area contributed by atoms with Gasteiger partial charge in [-0.25, -0.2) is 13.1 Å². The van der Waals surface area contributed by atoms with E-state index in [9.17, 15) is 21.6 Å². The molecular weight excluding hydrogens is 329 g/mol. The van der Waals surface area contributed by atoms with Crippen molar-refractivity contribution in [3.8, 4) is 0 Å². The Morgan fingerprint density at radius 2 is 1.90 bits per heavy atom. The molecule has 1 aromatic carbocycles. The summed E-state index contributed by atoms with van der Waals surface area (Å²) < 4.78 is 62.2. The van der Waals surface area contributed by atoms with Gasteiger partial charge in [0.05, 0.1) is 15.6 Å². The molecule has 1 rings (SSSR count). The van der Waals surface area contributed by atoms with Crippen LogP contribution in [0.15, 0.2) is 17.0 Å². The fraction of sp³-hybridized carbons (Fsp3) is 0.500. The molecule has 0 heterocycles. The van der Waals surface area contributed by atoms with Crippen LogP contribution in [0.1, 0.15) is 24.8 Å². The van der Waals surface area contributed by atoms with Gasteiger partial charge in [0.1, 0.15) is 0 Å². The van der Waals surface area contributed by atoms with Gasteiger partial charge in [-0.2, -0.15) is 13.2 Å². The van der Waals surface area contributed by atoms with Crippen molar-refractivity contribution in [1.82, 2.24) is 4.72 Å². The first kappa shape index (κ1) is 18.1. The van der Waals surface area contributed by atoms with E-state index >= 15 is 0 Å². The maximum atomic E-state index is 12.0. The monoisotopic (exact) mass is 344 g/mol. The van der Waals surface area contributed by atoms with Gasteiger partial charge in [0.2, 0.25) is 10.0 Å². The van der Waals surface area contributed by atoms with Crippen LogP contribution >= 0.6 is 11.6 Å². The molecule has 1 aromatic rings. The van der Waals surface area contributed by atoms with E-state index in [4.69, 9.17) is 17.3 Å². The highest BCUT2D eigenvalue weighted by molar-refractivity contribution is 7.89. The average molecular weight is 345 g/mol. The van der Waals surface area contributed by atoms with Gasteiger partial charge < -0.3 is 5.73 Å². The molecular formula is C12H16ClF3N2O2S. The predicted octanol–water partition coefficient (Wildman–Crippen LogP) is 3.24. The van der Waals surface area contributed by atoms with Crippen molar-refractivity contribution < 1.29 is 21.6 Å². The summed E-state index contributed by atoms with van der Waals surface area (Å²) in [6, 6.07) is 2.66. The van der Waals surface area contributed by atoms with Gasteiger partial charge in [-0.15, -0.1) is 0 Å². The number of nitrogens with two attached hydrogens (primary N) is 1. The lowest BCUT2D eigenvalue weighted by atomic mass is 10.2. The molecule has 120 valence electrons. The van der Waals surface area contributed by atoms with Crippen molar-refractivity contribution in [3.05, 3.63) is 22.7 Å². The second-order valence-electron chi connectivity index (χ2n) is 4.61. The van der Waals surface area contributed by atoms with Crippen molar-refractivity contribution in [1.29, 1.82) is 0 Å². The molecule has 0 aliphatic heterocycles. The fourth-order valence-corrected chi connectivity index (χ4v) is 3.24. The maximum Gasteiger partial charge on any atom is 0.389 e. The minimum atomic E-state index is -4.22. The zero-order valence-corrected chi connectivity index (χ0v) is 12.9. The molecule has 9 heteroatoms. The molecule has 0 aliphatic carbocycles. The van der Waals surface area contributed by atoms with Gasteiger partial charge in [0.15, 0.2) is 0 Å². The van der Waals surface area contributed by atoms with Crippen LogP contribution in [0.2, 0.25) is 5.02 Å². The van der Waals surface area contributed by atoms with E-state index in [-0.39, 0.29) is 35.0 Å². The van der Waals surface area contributed by atoms with Gasteiger partial charge >= 0.3 is 6.18 Å². The van der Waals surface area contributed by atoms with Crippen LogP contribution in [-0.2, 0) is 10.0 Å². The lowest BCUT2D eigenvalue weighted by molar-refractivity contribution is -0.135. The van der Waals surface area contributed by atoms with Crippen LogP contribution in [0, 0.1) is 6.92 Å². The van der Waals surface area contributed by atoms with E-state index in [2.05, 4.69) is 4.72 Å². The number of halogens is 4. The topological polar surface area (TPSA) is 72.2 Å². The Bertz CT molecular complexity index is 603. The highest BCUT2D eigenvalue weighted by atomic mass is 35.5. The summed E-state index contributed by atoms with van der Waals surface area (Å²) in [4.78, 5) is -0.0276. The van der Waals surface area contributed by atoms with Crippen LogP contribution in [0.4, 0.5) is 18.9 Å². The number of nitrogens with one attached hydrogen (secondary N) is 1. The van der Waals surface area contributed by atoms with Gasteiger partial charge in [0.25, 0.3) is 0 Å². The Morgan fingerprint density at radius 1 is 1.29 bits per heavy atom. The summed E-state index contributed by atoms with van der Waals surface area (Å²) >= 11 is 5.78. The molecule has 0 bridgehead atoms. The lowest BCUT2D eigenvalue weighted by Gasteiger charge is -2.11. The van der Waals surface area contributed by atoms with Gasteiger partial charge in [0, 0.05) is 13.0 Å². The predicted molar refractivity (Wildman–Crippen MR) is 75.7 cm³/mol. The molecule has 0 saturated heterocycles. The van der Waals surface area contributed by atoms with E-state index in [0.29, 0.717) is 5.56 Å². The number of benzene rings is 1. The minimum absolute atomic E-state index is 0.0276. The number of alkyl halides is 3. The van der Waals surface area contributed by atoms with E-state index in [1.165, 1.54) is 12.1 Å². The van der Waals surface area contributed by atoms with Crippen LogP contribution in [-0.4, -0.2) is 21.1 Å². The number of rotatable bonds is 6. The summed E-state index contributed by atoms with van der Waals surface area (Å²) in [5, 5.41) is 0.247. The third kappa shape index (κ3) is 5.72. The van der Waals surface area contributed by atoms with Gasteiger partial charge in [-0.3, -0.25) is 0 Å². The number of hydrogen-bond donors (Lipinski definition) is 2. The summed E-state index contributed by atoms with van der Waals surface area (Å²) in [5.41, 5.74) is 6.10. The number of anilines is 1. The van der Waals surface area contributed by atoms with Crippen LogP contribution in [0.25, 0.3) is 0 Å². The largest absolute Gasteiger partial charge is 0.397 e. The third-order valence-electron chi connectivity index (χ3n) is 2.76. The molecule has 0 radical (unpaired) electrons. The second-order valence-corrected chi connectivity index (χ2v) is 6.75. The first-order valence-corrected chi connectivity index (χ1v) is 8.01. The Balaban J connectivity index is 2.64. The Hall–Kier alpha value is -0.990. The van der Waals surface area contributed by atoms with E-state index in [0.717, 1.165) is 0 Å².